The van der Waals surface area contributed by atoms with Crippen LogP contribution in [0.1, 0.15) is 18.3 Å². The Balaban J connectivity index is 2.56. The van der Waals surface area contributed by atoms with Crippen molar-refractivity contribution >= 4 is 9.84 Å². The van der Waals surface area contributed by atoms with Gasteiger partial charge in [-0.15, -0.1) is 0 Å². The van der Waals surface area contributed by atoms with Crippen LogP contribution in [0.25, 0.3) is 0 Å². The molecule has 1 atom stereocenters. The smallest absolute Gasteiger partial charge is 0.147 e. The van der Waals surface area contributed by atoms with Gasteiger partial charge in [0.25, 0.3) is 0 Å². The molecular formula is C8H13N3O2S. The van der Waals surface area contributed by atoms with Crippen molar-refractivity contribution in [3.63, 3.8) is 0 Å². The van der Waals surface area contributed by atoms with Crippen molar-refractivity contribution in [1.29, 1.82) is 0 Å². The van der Waals surface area contributed by atoms with E-state index in [1.807, 2.05) is 0 Å². The van der Waals surface area contributed by atoms with Crippen LogP contribution in [0, 0.1) is 0 Å². The minimum atomic E-state index is -2.96. The second-order valence-electron chi connectivity index (χ2n) is 3.13. The van der Waals surface area contributed by atoms with Gasteiger partial charge in [-0.2, -0.15) is 0 Å². The van der Waals surface area contributed by atoms with Gasteiger partial charge in [0.2, 0.25) is 0 Å². The molecule has 0 saturated carbocycles. The van der Waals surface area contributed by atoms with Crippen molar-refractivity contribution in [2.24, 2.45) is 5.73 Å². The summed E-state index contributed by atoms with van der Waals surface area (Å²) < 4.78 is 21.7. The molecule has 1 unspecified atom stereocenters. The maximum atomic E-state index is 10.9. The summed E-state index contributed by atoms with van der Waals surface area (Å²) in [7, 11) is -2.96. The fourth-order valence-electron chi connectivity index (χ4n) is 0.972. The molecule has 0 aliphatic carbocycles. The first-order valence-electron chi connectivity index (χ1n) is 4.19. The lowest BCUT2D eigenvalue weighted by Crippen LogP contribution is -2.17. The molecule has 1 aromatic heterocycles. The predicted molar refractivity (Wildman–Crippen MR) is 53.3 cm³/mol. The maximum Gasteiger partial charge on any atom is 0.147 e. The topological polar surface area (TPSA) is 85.9 Å². The van der Waals surface area contributed by atoms with Crippen molar-refractivity contribution in [3.8, 4) is 0 Å². The van der Waals surface area contributed by atoms with Crippen molar-refractivity contribution in [1.82, 2.24) is 9.97 Å². The highest BCUT2D eigenvalue weighted by Gasteiger charge is 2.11. The molecule has 0 radical (unpaired) electrons. The first-order valence-corrected chi connectivity index (χ1v) is 6.25. The van der Waals surface area contributed by atoms with Gasteiger partial charge in [0.15, 0.2) is 0 Å². The molecular weight excluding hydrogens is 202 g/mol. The Kier molecular flexibility index (Phi) is 3.54. The van der Waals surface area contributed by atoms with Gasteiger partial charge < -0.3 is 5.73 Å². The second-order valence-corrected chi connectivity index (χ2v) is 5.39. The Labute approximate surface area is 83.3 Å². The molecule has 0 amide bonds. The van der Waals surface area contributed by atoms with Crippen LogP contribution in [0.2, 0.25) is 0 Å². The quantitative estimate of drug-likeness (QED) is 0.758. The number of rotatable bonds is 4. The highest BCUT2D eigenvalue weighted by atomic mass is 32.2. The van der Waals surface area contributed by atoms with Gasteiger partial charge in [-0.1, -0.05) is 0 Å². The van der Waals surface area contributed by atoms with Crippen molar-refractivity contribution in [3.05, 3.63) is 24.3 Å². The number of hydrogen-bond donors (Lipinski definition) is 1. The number of nitrogens with zero attached hydrogens (tertiary/aromatic N) is 2. The van der Waals surface area contributed by atoms with Crippen molar-refractivity contribution in [2.45, 2.75) is 12.5 Å². The van der Waals surface area contributed by atoms with Crippen LogP contribution in [0.4, 0.5) is 0 Å². The molecule has 0 spiro atoms. The van der Waals surface area contributed by atoms with E-state index in [0.29, 0.717) is 12.2 Å². The normalized spacial score (nSPS) is 13.9. The molecule has 0 bridgehead atoms. The Morgan fingerprint density at radius 2 is 2.00 bits per heavy atom. The van der Waals surface area contributed by atoms with E-state index in [0.717, 1.165) is 0 Å². The summed E-state index contributed by atoms with van der Waals surface area (Å²) in [6, 6.07) is 1.28. The number of nitrogens with two attached hydrogens (primary N) is 1. The summed E-state index contributed by atoms with van der Waals surface area (Å²) in [5, 5.41) is 0. The molecule has 1 rings (SSSR count). The molecule has 6 heteroatoms. The lowest BCUT2D eigenvalue weighted by molar-refractivity contribution is 0.586. The van der Waals surface area contributed by atoms with Gasteiger partial charge in [0.05, 0.1) is 11.8 Å². The third-order valence-electron chi connectivity index (χ3n) is 1.72. The van der Waals surface area contributed by atoms with Gasteiger partial charge in [0, 0.05) is 18.6 Å². The molecule has 1 aromatic rings. The molecule has 0 saturated heterocycles. The van der Waals surface area contributed by atoms with Crippen LogP contribution < -0.4 is 5.73 Å². The van der Waals surface area contributed by atoms with E-state index in [1.54, 1.807) is 18.5 Å². The lowest BCUT2D eigenvalue weighted by Gasteiger charge is -2.08. The Bertz CT molecular complexity index is 377. The van der Waals surface area contributed by atoms with Crippen LogP contribution in [-0.2, 0) is 9.84 Å². The number of aromatic nitrogens is 2. The zero-order valence-corrected chi connectivity index (χ0v) is 8.74. The molecule has 78 valence electrons. The summed E-state index contributed by atoms with van der Waals surface area (Å²) >= 11 is 0. The van der Waals surface area contributed by atoms with Gasteiger partial charge >= 0.3 is 0 Å². The van der Waals surface area contributed by atoms with Gasteiger partial charge in [-0.25, -0.2) is 18.4 Å². The Morgan fingerprint density at radius 3 is 2.50 bits per heavy atom. The lowest BCUT2D eigenvalue weighted by atomic mass is 10.2. The van der Waals surface area contributed by atoms with Crippen LogP contribution in [-0.4, -0.2) is 30.4 Å². The highest BCUT2D eigenvalue weighted by Crippen LogP contribution is 2.08. The average Bonchev–Trinajstić information content (AvgIpc) is 2.14. The number of sulfone groups is 1. The van der Waals surface area contributed by atoms with Crippen molar-refractivity contribution < 1.29 is 8.42 Å². The van der Waals surface area contributed by atoms with Gasteiger partial charge in [0.1, 0.15) is 15.7 Å². The van der Waals surface area contributed by atoms with Crippen LogP contribution in [0.15, 0.2) is 18.5 Å². The molecule has 0 aromatic carbocycles. The van der Waals surface area contributed by atoms with Crippen LogP contribution in [0.5, 0.6) is 0 Å². The van der Waals surface area contributed by atoms with E-state index < -0.39 is 15.9 Å². The zero-order valence-electron chi connectivity index (χ0n) is 7.92. The third kappa shape index (κ3) is 3.80. The van der Waals surface area contributed by atoms with E-state index in [9.17, 15) is 8.42 Å². The molecule has 0 aliphatic heterocycles. The molecule has 0 fully saturated rings. The van der Waals surface area contributed by atoms with Gasteiger partial charge in [-0.05, 0) is 12.5 Å². The minimum Gasteiger partial charge on any atom is -0.321 e. The molecule has 0 aliphatic rings. The summed E-state index contributed by atoms with van der Waals surface area (Å²) in [5.74, 6) is 0.544. The number of hydrogen-bond acceptors (Lipinski definition) is 5. The van der Waals surface area contributed by atoms with E-state index in [2.05, 4.69) is 9.97 Å². The fourth-order valence-corrected chi connectivity index (χ4v) is 1.65. The Hall–Kier alpha value is -1.01. The first kappa shape index (κ1) is 11.1. The van der Waals surface area contributed by atoms with Crippen LogP contribution in [0.3, 0.4) is 0 Å². The summed E-state index contributed by atoms with van der Waals surface area (Å²) in [6.07, 6.45) is 4.71. The molecule has 1 heterocycles. The van der Waals surface area contributed by atoms with Crippen molar-refractivity contribution in [2.75, 3.05) is 12.0 Å². The van der Waals surface area contributed by atoms with Gasteiger partial charge in [-0.3, -0.25) is 0 Å². The average molecular weight is 215 g/mol. The summed E-state index contributed by atoms with van der Waals surface area (Å²) in [5.41, 5.74) is 5.71. The van der Waals surface area contributed by atoms with E-state index in [4.69, 9.17) is 5.73 Å². The van der Waals surface area contributed by atoms with E-state index in [1.165, 1.54) is 6.26 Å². The second kappa shape index (κ2) is 4.47. The minimum absolute atomic E-state index is 0.0619. The highest BCUT2D eigenvalue weighted by molar-refractivity contribution is 7.90. The molecule has 5 nitrogen and oxygen atoms in total. The predicted octanol–water partition coefficient (Wildman–Crippen LogP) is -0.0889. The fraction of sp³-hybridized carbons (Fsp3) is 0.500. The SMILES string of the molecule is CS(=O)(=O)CCC(N)c1ncccn1. The summed E-state index contributed by atoms with van der Waals surface area (Å²) in [6.45, 7) is 0. The standard InChI is InChI=1S/C8H13N3O2S/c1-14(12,13)6-3-7(9)8-10-4-2-5-11-8/h2,4-5,7H,3,6,9H2,1H3. The monoisotopic (exact) mass is 215 g/mol. The third-order valence-corrected chi connectivity index (χ3v) is 2.69. The first-order chi connectivity index (χ1) is 6.49. The van der Waals surface area contributed by atoms with E-state index in [-0.39, 0.29) is 5.75 Å². The van der Waals surface area contributed by atoms with Crippen LogP contribution >= 0.6 is 0 Å². The summed E-state index contributed by atoms with van der Waals surface area (Å²) in [4.78, 5) is 7.90. The maximum absolute atomic E-state index is 10.9. The molecule has 14 heavy (non-hydrogen) atoms. The largest absolute Gasteiger partial charge is 0.321 e. The zero-order chi connectivity index (χ0) is 10.6. The molecule has 2 N–H and O–H groups in total. The van der Waals surface area contributed by atoms with E-state index >= 15 is 0 Å². The Morgan fingerprint density at radius 1 is 1.43 bits per heavy atom.